The molecule has 1 spiro atoms. The van der Waals surface area contributed by atoms with E-state index in [1.54, 1.807) is 0 Å². The van der Waals surface area contributed by atoms with Gasteiger partial charge in [-0.25, -0.2) is 9.78 Å². The zero-order valence-electron chi connectivity index (χ0n) is 14.5. The van der Waals surface area contributed by atoms with Gasteiger partial charge in [0.15, 0.2) is 0 Å². The number of nitrogens with one attached hydrogen (secondary N) is 1. The van der Waals surface area contributed by atoms with Gasteiger partial charge in [0.25, 0.3) is 0 Å². The smallest absolute Gasteiger partial charge is 0.317 e. The fourth-order valence-electron chi connectivity index (χ4n) is 4.73. The Labute approximate surface area is 143 Å². The van der Waals surface area contributed by atoms with E-state index in [1.807, 2.05) is 23.6 Å². The first-order chi connectivity index (χ1) is 11.7. The number of amides is 2. The predicted molar refractivity (Wildman–Crippen MR) is 90.7 cm³/mol. The van der Waals surface area contributed by atoms with Gasteiger partial charge < -0.3 is 19.5 Å². The van der Waals surface area contributed by atoms with Gasteiger partial charge in [0.2, 0.25) is 0 Å². The van der Waals surface area contributed by atoms with Crippen LogP contribution >= 0.6 is 0 Å². The maximum absolute atomic E-state index is 12.6. The summed E-state index contributed by atoms with van der Waals surface area (Å²) in [6.45, 7) is 4.48. The van der Waals surface area contributed by atoms with Crippen LogP contribution in [0.25, 0.3) is 0 Å². The van der Waals surface area contributed by atoms with Crippen molar-refractivity contribution in [3.63, 3.8) is 0 Å². The number of hydrogen-bond acceptors (Lipinski definition) is 3. The molecule has 1 saturated heterocycles. The number of urea groups is 1. The van der Waals surface area contributed by atoms with Crippen LogP contribution in [0.2, 0.25) is 0 Å². The van der Waals surface area contributed by atoms with Gasteiger partial charge >= 0.3 is 6.03 Å². The molecule has 3 aliphatic rings. The molecule has 3 fully saturated rings. The van der Waals surface area contributed by atoms with Crippen LogP contribution in [0, 0.1) is 5.41 Å². The highest BCUT2D eigenvalue weighted by atomic mass is 16.5. The third-order valence-electron chi connectivity index (χ3n) is 6.43. The molecule has 0 radical (unpaired) electrons. The minimum Gasteiger partial charge on any atom is -0.378 e. The molecule has 2 unspecified atom stereocenters. The second-order valence-corrected chi connectivity index (χ2v) is 7.50. The molecule has 2 heterocycles. The van der Waals surface area contributed by atoms with Crippen molar-refractivity contribution >= 4 is 6.03 Å². The van der Waals surface area contributed by atoms with Crippen molar-refractivity contribution in [2.24, 2.45) is 5.41 Å². The monoisotopic (exact) mass is 332 g/mol. The first-order valence-corrected chi connectivity index (χ1v) is 9.37. The van der Waals surface area contributed by atoms with Crippen LogP contribution in [-0.4, -0.2) is 52.3 Å². The fourth-order valence-corrected chi connectivity index (χ4v) is 4.73. The van der Waals surface area contributed by atoms with Crippen LogP contribution in [0.15, 0.2) is 18.7 Å². The Hall–Kier alpha value is -1.56. The Kier molecular flexibility index (Phi) is 4.24. The lowest BCUT2D eigenvalue weighted by molar-refractivity contribution is -0.170. The minimum atomic E-state index is 0.116. The molecular formula is C18H28N4O2. The maximum atomic E-state index is 12.6. The maximum Gasteiger partial charge on any atom is 0.317 e. The fraction of sp³-hybridized carbons (Fsp3) is 0.778. The summed E-state index contributed by atoms with van der Waals surface area (Å²) in [5.74, 6) is 0. The number of imidazole rings is 1. The minimum absolute atomic E-state index is 0.116. The molecule has 6 heteroatoms. The summed E-state index contributed by atoms with van der Waals surface area (Å²) in [5, 5.41) is 3.30. The van der Waals surface area contributed by atoms with E-state index >= 15 is 0 Å². The normalized spacial score (nSPS) is 29.1. The number of nitrogens with zero attached hydrogens (tertiary/aromatic N) is 3. The van der Waals surface area contributed by atoms with Crippen molar-refractivity contribution in [2.45, 2.75) is 63.6 Å². The van der Waals surface area contributed by atoms with Crippen molar-refractivity contribution in [2.75, 3.05) is 19.7 Å². The summed E-state index contributed by atoms with van der Waals surface area (Å²) < 4.78 is 8.04. The van der Waals surface area contributed by atoms with Crippen LogP contribution in [0.1, 0.15) is 51.5 Å². The van der Waals surface area contributed by atoms with E-state index in [0.29, 0.717) is 18.2 Å². The highest BCUT2D eigenvalue weighted by Gasteiger charge is 2.59. The van der Waals surface area contributed by atoms with Crippen LogP contribution in [-0.2, 0) is 4.74 Å². The zero-order valence-corrected chi connectivity index (χ0v) is 14.5. The summed E-state index contributed by atoms with van der Waals surface area (Å²) in [4.78, 5) is 18.7. The second-order valence-electron chi connectivity index (χ2n) is 7.50. The van der Waals surface area contributed by atoms with Gasteiger partial charge in [-0.3, -0.25) is 0 Å². The van der Waals surface area contributed by atoms with Crippen molar-refractivity contribution in [1.29, 1.82) is 0 Å². The average molecular weight is 332 g/mol. The van der Waals surface area contributed by atoms with E-state index in [0.717, 1.165) is 39.0 Å². The van der Waals surface area contributed by atoms with E-state index in [-0.39, 0.29) is 11.4 Å². The standard InChI is InChI=1S/C18H28N4O2/c1-2-24-16-12-15(18(16)6-3-7-18)20-17(23)21-9-4-14(5-10-21)22-11-8-19-13-22/h8,11,13-16H,2-7,9-10,12H2,1H3,(H,20,23). The van der Waals surface area contributed by atoms with E-state index < -0.39 is 0 Å². The molecule has 2 aliphatic carbocycles. The molecule has 24 heavy (non-hydrogen) atoms. The lowest BCUT2D eigenvalue weighted by atomic mass is 9.51. The van der Waals surface area contributed by atoms with Crippen LogP contribution in [0.5, 0.6) is 0 Å². The molecule has 132 valence electrons. The van der Waals surface area contributed by atoms with Gasteiger partial charge in [-0.15, -0.1) is 0 Å². The summed E-state index contributed by atoms with van der Waals surface area (Å²) >= 11 is 0. The van der Waals surface area contributed by atoms with E-state index in [2.05, 4.69) is 21.8 Å². The van der Waals surface area contributed by atoms with Gasteiger partial charge in [0.05, 0.1) is 12.4 Å². The first kappa shape index (κ1) is 15.9. The Bertz CT molecular complexity index is 562. The quantitative estimate of drug-likeness (QED) is 0.922. The van der Waals surface area contributed by atoms with Gasteiger partial charge in [-0.05, 0) is 39.0 Å². The molecule has 2 amide bonds. The molecule has 1 aromatic rings. The van der Waals surface area contributed by atoms with Gasteiger partial charge in [0.1, 0.15) is 0 Å². The molecule has 0 bridgehead atoms. The summed E-state index contributed by atoms with van der Waals surface area (Å²) in [6, 6.07) is 0.896. The summed E-state index contributed by atoms with van der Waals surface area (Å²) in [6.07, 6.45) is 12.7. The molecule has 1 aromatic heterocycles. The van der Waals surface area contributed by atoms with Crippen molar-refractivity contribution < 1.29 is 9.53 Å². The van der Waals surface area contributed by atoms with Crippen molar-refractivity contribution in [3.8, 4) is 0 Å². The third kappa shape index (κ3) is 2.61. The SMILES string of the molecule is CCOC1CC(NC(=O)N2CCC(n3ccnc3)CC2)C12CCC2. The number of ether oxygens (including phenoxy) is 1. The molecule has 2 atom stereocenters. The van der Waals surface area contributed by atoms with Crippen molar-refractivity contribution in [1.82, 2.24) is 19.8 Å². The lowest BCUT2D eigenvalue weighted by Gasteiger charge is -2.61. The van der Waals surface area contributed by atoms with Crippen LogP contribution in [0.3, 0.4) is 0 Å². The molecular weight excluding hydrogens is 304 g/mol. The first-order valence-electron chi connectivity index (χ1n) is 9.37. The molecule has 4 rings (SSSR count). The van der Waals surface area contributed by atoms with Gasteiger partial charge in [-0.1, -0.05) is 6.42 Å². The topological polar surface area (TPSA) is 59.4 Å². The molecule has 6 nitrogen and oxygen atoms in total. The lowest BCUT2D eigenvalue weighted by Crippen LogP contribution is -2.68. The molecule has 2 saturated carbocycles. The van der Waals surface area contributed by atoms with Crippen LogP contribution < -0.4 is 5.32 Å². The number of carbonyl (C=O) groups is 1. The number of aromatic nitrogens is 2. The van der Waals surface area contributed by atoms with Crippen LogP contribution in [0.4, 0.5) is 4.79 Å². The number of likely N-dealkylation sites (tertiary alicyclic amines) is 1. The predicted octanol–water partition coefficient (Wildman–Crippen LogP) is 2.58. The average Bonchev–Trinajstić information content (AvgIpc) is 3.06. The van der Waals surface area contributed by atoms with E-state index in [9.17, 15) is 4.79 Å². The highest BCUT2D eigenvalue weighted by molar-refractivity contribution is 5.75. The Balaban J connectivity index is 1.28. The second kappa shape index (κ2) is 6.39. The number of carbonyl (C=O) groups excluding carboxylic acids is 1. The largest absolute Gasteiger partial charge is 0.378 e. The third-order valence-corrected chi connectivity index (χ3v) is 6.43. The number of rotatable bonds is 4. The Morgan fingerprint density at radius 3 is 2.75 bits per heavy atom. The Morgan fingerprint density at radius 2 is 2.17 bits per heavy atom. The highest BCUT2D eigenvalue weighted by Crippen LogP contribution is 2.57. The summed E-state index contributed by atoms with van der Waals surface area (Å²) in [5.41, 5.74) is 0.237. The number of hydrogen-bond donors (Lipinski definition) is 1. The van der Waals surface area contributed by atoms with E-state index in [1.165, 1.54) is 19.3 Å². The number of piperidine rings is 1. The molecule has 0 aromatic carbocycles. The molecule has 1 aliphatic heterocycles. The van der Waals surface area contributed by atoms with Gasteiger partial charge in [0, 0.05) is 49.6 Å². The zero-order chi connectivity index (χ0) is 16.6. The van der Waals surface area contributed by atoms with Crippen molar-refractivity contribution in [3.05, 3.63) is 18.7 Å². The van der Waals surface area contributed by atoms with Gasteiger partial charge in [-0.2, -0.15) is 0 Å². The molecule has 1 N–H and O–H groups in total. The summed E-state index contributed by atoms with van der Waals surface area (Å²) in [7, 11) is 0. The van der Waals surface area contributed by atoms with E-state index in [4.69, 9.17) is 4.74 Å². The Morgan fingerprint density at radius 1 is 1.38 bits per heavy atom.